The Morgan fingerprint density at radius 2 is 2.07 bits per heavy atom. The van der Waals surface area contributed by atoms with Crippen molar-refractivity contribution in [3.63, 3.8) is 0 Å². The van der Waals surface area contributed by atoms with Crippen molar-refractivity contribution in [2.75, 3.05) is 44.8 Å². The van der Waals surface area contributed by atoms with E-state index in [2.05, 4.69) is 20.6 Å². The monoisotopic (exact) mass is 371 g/mol. The molecule has 1 aliphatic rings. The summed E-state index contributed by atoms with van der Waals surface area (Å²) >= 11 is 0. The molecule has 0 atom stereocenters. The number of nitrogens with zero attached hydrogens (tertiary/aromatic N) is 3. The van der Waals surface area contributed by atoms with Crippen LogP contribution in [0, 0.1) is 5.82 Å². The van der Waals surface area contributed by atoms with Gasteiger partial charge in [0.15, 0.2) is 5.96 Å². The minimum absolute atomic E-state index is 0.200. The van der Waals surface area contributed by atoms with Crippen LogP contribution in [-0.4, -0.2) is 50.8 Å². The quantitative estimate of drug-likeness (QED) is 0.601. The van der Waals surface area contributed by atoms with Gasteiger partial charge in [-0.1, -0.05) is 12.1 Å². The summed E-state index contributed by atoms with van der Waals surface area (Å²) in [6.07, 6.45) is 2.60. The molecule has 144 valence electrons. The highest BCUT2D eigenvalue weighted by Crippen LogP contribution is 2.21. The van der Waals surface area contributed by atoms with Gasteiger partial charge < -0.3 is 20.3 Å². The molecule has 0 unspecified atom stereocenters. The Morgan fingerprint density at radius 3 is 2.78 bits per heavy atom. The fraction of sp³-hybridized carbons (Fsp3) is 0.400. The van der Waals surface area contributed by atoms with E-state index in [-0.39, 0.29) is 5.82 Å². The van der Waals surface area contributed by atoms with Gasteiger partial charge in [0, 0.05) is 51.5 Å². The van der Waals surface area contributed by atoms with Crippen molar-refractivity contribution in [3.8, 4) is 0 Å². The van der Waals surface area contributed by atoms with E-state index in [1.54, 1.807) is 19.3 Å². The van der Waals surface area contributed by atoms with E-state index >= 15 is 0 Å². The van der Waals surface area contributed by atoms with E-state index in [0.29, 0.717) is 31.4 Å². The van der Waals surface area contributed by atoms with E-state index < -0.39 is 0 Å². The Bertz CT molecular complexity index is 747. The molecule has 2 heterocycles. The number of hydrogen-bond acceptors (Lipinski definition) is 4. The maximum Gasteiger partial charge on any atom is 0.191 e. The zero-order valence-electron chi connectivity index (χ0n) is 15.6. The lowest BCUT2D eigenvalue weighted by Gasteiger charge is -2.29. The fourth-order valence-corrected chi connectivity index (χ4v) is 2.98. The van der Waals surface area contributed by atoms with Gasteiger partial charge in [-0.05, 0) is 29.8 Å². The maximum atomic E-state index is 14.5. The predicted octanol–water partition coefficient (Wildman–Crippen LogP) is 1.96. The number of halogens is 1. The Morgan fingerprint density at radius 1 is 1.22 bits per heavy atom. The average Bonchev–Trinajstić information content (AvgIpc) is 2.72. The van der Waals surface area contributed by atoms with E-state index in [1.165, 1.54) is 0 Å². The van der Waals surface area contributed by atoms with Gasteiger partial charge in [0.05, 0.1) is 18.9 Å². The molecule has 1 fully saturated rings. The Kier molecular flexibility index (Phi) is 6.98. The van der Waals surface area contributed by atoms with Crippen molar-refractivity contribution in [2.45, 2.75) is 13.0 Å². The topological polar surface area (TPSA) is 61.8 Å². The standard InChI is InChI=1S/C20H26FN5O/c1-22-20(24-9-7-17-4-2-3-8-23-17)25-15-16-5-6-19(18(21)14-16)26-10-12-27-13-11-26/h2-6,8,14H,7,9-13,15H2,1H3,(H2,22,24,25). The zero-order chi connectivity index (χ0) is 18.9. The molecule has 0 bridgehead atoms. The number of aliphatic imine (C=N–C) groups is 1. The molecule has 27 heavy (non-hydrogen) atoms. The van der Waals surface area contributed by atoms with Gasteiger partial charge in [0.25, 0.3) is 0 Å². The summed E-state index contributed by atoms with van der Waals surface area (Å²) < 4.78 is 19.8. The number of aromatic nitrogens is 1. The number of morpholine rings is 1. The Hall–Kier alpha value is -2.67. The van der Waals surface area contributed by atoms with Crippen molar-refractivity contribution < 1.29 is 9.13 Å². The maximum absolute atomic E-state index is 14.5. The van der Waals surface area contributed by atoms with E-state index in [1.807, 2.05) is 35.2 Å². The first-order valence-electron chi connectivity index (χ1n) is 9.22. The minimum Gasteiger partial charge on any atom is -0.378 e. The van der Waals surface area contributed by atoms with Crippen LogP contribution in [0.2, 0.25) is 0 Å². The number of rotatable bonds is 6. The number of nitrogens with one attached hydrogen (secondary N) is 2. The number of benzene rings is 1. The highest BCUT2D eigenvalue weighted by atomic mass is 19.1. The number of pyridine rings is 1. The molecule has 7 heteroatoms. The fourth-order valence-electron chi connectivity index (χ4n) is 2.98. The normalized spacial score (nSPS) is 14.9. The lowest BCUT2D eigenvalue weighted by atomic mass is 10.1. The van der Waals surface area contributed by atoms with Crippen molar-refractivity contribution >= 4 is 11.6 Å². The van der Waals surface area contributed by atoms with Crippen molar-refractivity contribution in [1.29, 1.82) is 0 Å². The van der Waals surface area contributed by atoms with Gasteiger partial charge in [0.2, 0.25) is 0 Å². The van der Waals surface area contributed by atoms with Crippen LogP contribution in [0.3, 0.4) is 0 Å². The second kappa shape index (κ2) is 9.87. The molecule has 0 aliphatic carbocycles. The molecule has 1 aromatic carbocycles. The molecular weight excluding hydrogens is 345 g/mol. The van der Waals surface area contributed by atoms with Crippen LogP contribution < -0.4 is 15.5 Å². The molecule has 1 aromatic heterocycles. The van der Waals surface area contributed by atoms with Crippen LogP contribution in [0.5, 0.6) is 0 Å². The number of anilines is 1. The van der Waals surface area contributed by atoms with Crippen molar-refractivity contribution in [2.24, 2.45) is 4.99 Å². The van der Waals surface area contributed by atoms with E-state index in [9.17, 15) is 4.39 Å². The van der Waals surface area contributed by atoms with Gasteiger partial charge in [-0.15, -0.1) is 0 Å². The Balaban J connectivity index is 1.48. The smallest absolute Gasteiger partial charge is 0.191 e. The summed E-state index contributed by atoms with van der Waals surface area (Å²) in [6, 6.07) is 11.2. The van der Waals surface area contributed by atoms with Crippen LogP contribution in [-0.2, 0) is 17.7 Å². The summed E-state index contributed by atoms with van der Waals surface area (Å²) in [5.74, 6) is 0.484. The summed E-state index contributed by atoms with van der Waals surface area (Å²) in [7, 11) is 1.72. The first-order valence-corrected chi connectivity index (χ1v) is 9.22. The molecule has 6 nitrogen and oxygen atoms in total. The first-order chi connectivity index (χ1) is 13.3. The minimum atomic E-state index is -0.200. The third-order valence-corrected chi connectivity index (χ3v) is 4.45. The highest BCUT2D eigenvalue weighted by Gasteiger charge is 2.15. The van der Waals surface area contributed by atoms with Gasteiger partial charge in [0.1, 0.15) is 5.82 Å². The summed E-state index contributed by atoms with van der Waals surface area (Å²) in [6.45, 7) is 3.96. The summed E-state index contributed by atoms with van der Waals surface area (Å²) in [5.41, 5.74) is 2.54. The summed E-state index contributed by atoms with van der Waals surface area (Å²) in [4.78, 5) is 10.5. The molecule has 0 saturated carbocycles. The van der Waals surface area contributed by atoms with E-state index in [4.69, 9.17) is 4.74 Å². The Labute approximate surface area is 159 Å². The molecule has 3 rings (SSSR count). The molecule has 1 aliphatic heterocycles. The number of guanidine groups is 1. The van der Waals surface area contributed by atoms with Gasteiger partial charge in [-0.2, -0.15) is 0 Å². The third-order valence-electron chi connectivity index (χ3n) is 4.45. The van der Waals surface area contributed by atoms with Crippen LogP contribution in [0.15, 0.2) is 47.6 Å². The largest absolute Gasteiger partial charge is 0.378 e. The van der Waals surface area contributed by atoms with Crippen LogP contribution in [0.4, 0.5) is 10.1 Å². The second-order valence-electron chi connectivity index (χ2n) is 6.31. The number of ether oxygens (including phenoxy) is 1. The van der Waals surface area contributed by atoms with Crippen molar-refractivity contribution in [1.82, 2.24) is 15.6 Å². The molecule has 0 amide bonds. The van der Waals surface area contributed by atoms with E-state index in [0.717, 1.165) is 37.3 Å². The van der Waals surface area contributed by atoms with Crippen LogP contribution >= 0.6 is 0 Å². The van der Waals surface area contributed by atoms with Crippen LogP contribution in [0.1, 0.15) is 11.3 Å². The lowest BCUT2D eigenvalue weighted by Crippen LogP contribution is -2.38. The summed E-state index contributed by atoms with van der Waals surface area (Å²) in [5, 5.41) is 6.47. The second-order valence-corrected chi connectivity index (χ2v) is 6.31. The zero-order valence-corrected chi connectivity index (χ0v) is 15.6. The predicted molar refractivity (Wildman–Crippen MR) is 106 cm³/mol. The SMILES string of the molecule is CN=C(NCCc1ccccn1)NCc1ccc(N2CCOCC2)c(F)c1. The molecule has 0 spiro atoms. The molecule has 1 saturated heterocycles. The third kappa shape index (κ3) is 5.65. The van der Waals surface area contributed by atoms with Crippen LogP contribution in [0.25, 0.3) is 0 Å². The van der Waals surface area contributed by atoms with Crippen molar-refractivity contribution in [3.05, 3.63) is 59.7 Å². The molecular formula is C20H26FN5O. The first kappa shape index (κ1) is 19.1. The number of hydrogen-bond donors (Lipinski definition) is 2. The molecule has 2 N–H and O–H groups in total. The molecule has 0 radical (unpaired) electrons. The van der Waals surface area contributed by atoms with Gasteiger partial charge in [-0.3, -0.25) is 9.98 Å². The highest BCUT2D eigenvalue weighted by molar-refractivity contribution is 5.79. The average molecular weight is 371 g/mol. The molecule has 2 aromatic rings. The van der Waals surface area contributed by atoms with Gasteiger partial charge >= 0.3 is 0 Å². The van der Waals surface area contributed by atoms with Gasteiger partial charge in [-0.25, -0.2) is 4.39 Å². The lowest BCUT2D eigenvalue weighted by molar-refractivity contribution is 0.122.